The van der Waals surface area contributed by atoms with Gasteiger partial charge in [0, 0.05) is 28.2 Å². The van der Waals surface area contributed by atoms with Gasteiger partial charge in [0.25, 0.3) is 0 Å². The SMILES string of the molecule is C[C@@H](/C(=N/O)Nc1ccc(Cl)cc1)[C@H]1CC[C@H](c2ccnc3ccc(F)cc32)CC1. The van der Waals surface area contributed by atoms with Crippen molar-refractivity contribution in [1.82, 2.24) is 4.98 Å². The molecule has 0 amide bonds. The van der Waals surface area contributed by atoms with Gasteiger partial charge in [0.15, 0.2) is 0 Å². The van der Waals surface area contributed by atoms with Crippen molar-refractivity contribution in [3.05, 3.63) is 71.1 Å². The van der Waals surface area contributed by atoms with Gasteiger partial charge >= 0.3 is 0 Å². The largest absolute Gasteiger partial charge is 0.409 e. The van der Waals surface area contributed by atoms with Gasteiger partial charge in [-0.05, 0) is 91.6 Å². The quantitative estimate of drug-likeness (QED) is 0.208. The first-order chi connectivity index (χ1) is 14.5. The average Bonchev–Trinajstić information content (AvgIpc) is 2.78. The second-order valence-corrected chi connectivity index (χ2v) is 8.52. The lowest BCUT2D eigenvalue weighted by molar-refractivity contribution is 0.273. The number of benzene rings is 2. The van der Waals surface area contributed by atoms with Crippen molar-refractivity contribution in [2.45, 2.75) is 38.5 Å². The summed E-state index contributed by atoms with van der Waals surface area (Å²) in [4.78, 5) is 4.37. The molecule has 1 fully saturated rings. The lowest BCUT2D eigenvalue weighted by Crippen LogP contribution is -2.30. The molecule has 30 heavy (non-hydrogen) atoms. The number of hydrogen-bond acceptors (Lipinski definition) is 3. The Kier molecular flexibility index (Phi) is 6.18. The van der Waals surface area contributed by atoms with Gasteiger partial charge in [0.05, 0.1) is 5.52 Å². The first kappa shape index (κ1) is 20.6. The first-order valence-corrected chi connectivity index (χ1v) is 10.7. The van der Waals surface area contributed by atoms with E-state index in [1.54, 1.807) is 24.3 Å². The van der Waals surface area contributed by atoms with E-state index in [4.69, 9.17) is 11.6 Å². The number of oxime groups is 1. The number of fused-ring (bicyclic) bond motifs is 1. The van der Waals surface area contributed by atoms with Crippen molar-refractivity contribution in [3.63, 3.8) is 0 Å². The van der Waals surface area contributed by atoms with Crippen LogP contribution in [0.2, 0.25) is 5.02 Å². The predicted octanol–water partition coefficient (Wildman–Crippen LogP) is 6.84. The number of aromatic nitrogens is 1. The first-order valence-electron chi connectivity index (χ1n) is 10.3. The molecule has 2 aromatic carbocycles. The Labute approximate surface area is 180 Å². The normalized spacial score (nSPS) is 20.8. The van der Waals surface area contributed by atoms with E-state index in [1.807, 2.05) is 24.4 Å². The molecule has 0 aliphatic heterocycles. The predicted molar refractivity (Wildman–Crippen MR) is 120 cm³/mol. The molecular formula is C24H25ClFN3O. The lowest BCUT2D eigenvalue weighted by Gasteiger charge is -2.33. The highest BCUT2D eigenvalue weighted by Gasteiger charge is 2.29. The third-order valence-corrected chi connectivity index (χ3v) is 6.56. The van der Waals surface area contributed by atoms with Gasteiger partial charge in [-0.3, -0.25) is 4.98 Å². The van der Waals surface area contributed by atoms with Gasteiger partial charge in [-0.1, -0.05) is 23.7 Å². The minimum absolute atomic E-state index is 0.0956. The summed E-state index contributed by atoms with van der Waals surface area (Å²) in [7, 11) is 0. The third-order valence-electron chi connectivity index (χ3n) is 6.31. The van der Waals surface area contributed by atoms with Crippen LogP contribution in [0.4, 0.5) is 10.1 Å². The molecule has 0 unspecified atom stereocenters. The summed E-state index contributed by atoms with van der Waals surface area (Å²) in [6.45, 7) is 2.10. The number of anilines is 1. The van der Waals surface area contributed by atoms with Crippen molar-refractivity contribution in [3.8, 4) is 0 Å². The maximum absolute atomic E-state index is 13.8. The van der Waals surface area contributed by atoms with E-state index in [-0.39, 0.29) is 11.7 Å². The molecular weight excluding hydrogens is 401 g/mol. The van der Waals surface area contributed by atoms with Gasteiger partial charge in [-0.25, -0.2) is 4.39 Å². The molecule has 1 saturated carbocycles. The van der Waals surface area contributed by atoms with Crippen molar-refractivity contribution in [2.24, 2.45) is 17.0 Å². The summed E-state index contributed by atoms with van der Waals surface area (Å²) in [5, 5.41) is 17.9. The van der Waals surface area contributed by atoms with Crippen molar-refractivity contribution < 1.29 is 9.60 Å². The molecule has 1 heterocycles. The molecule has 1 aliphatic carbocycles. The highest BCUT2D eigenvalue weighted by atomic mass is 35.5. The Balaban J connectivity index is 1.44. The Bertz CT molecular complexity index is 1050. The Morgan fingerprint density at radius 1 is 1.13 bits per heavy atom. The minimum atomic E-state index is -0.226. The fourth-order valence-corrected chi connectivity index (χ4v) is 4.69. The van der Waals surface area contributed by atoms with Gasteiger partial charge in [-0.2, -0.15) is 0 Å². The van der Waals surface area contributed by atoms with Crippen LogP contribution in [0.3, 0.4) is 0 Å². The van der Waals surface area contributed by atoms with E-state index in [0.29, 0.717) is 22.7 Å². The van der Waals surface area contributed by atoms with Crippen LogP contribution in [0.15, 0.2) is 59.9 Å². The van der Waals surface area contributed by atoms with Crippen LogP contribution in [0, 0.1) is 17.7 Å². The maximum atomic E-state index is 13.8. The highest BCUT2D eigenvalue weighted by molar-refractivity contribution is 6.30. The zero-order valence-corrected chi connectivity index (χ0v) is 17.6. The van der Waals surface area contributed by atoms with E-state index in [1.165, 1.54) is 11.6 Å². The molecule has 156 valence electrons. The van der Waals surface area contributed by atoms with E-state index in [9.17, 15) is 9.60 Å². The lowest BCUT2D eigenvalue weighted by atomic mass is 9.73. The number of halogens is 2. The fraction of sp³-hybridized carbons (Fsp3) is 0.333. The van der Waals surface area contributed by atoms with Gasteiger partial charge in [-0.15, -0.1) is 0 Å². The summed E-state index contributed by atoms with van der Waals surface area (Å²) in [6, 6.07) is 14.2. The number of nitrogens with one attached hydrogen (secondary N) is 1. The molecule has 0 saturated heterocycles. The summed E-state index contributed by atoms with van der Waals surface area (Å²) < 4.78 is 13.8. The molecule has 1 atom stereocenters. The monoisotopic (exact) mass is 425 g/mol. The Morgan fingerprint density at radius 2 is 1.87 bits per heavy atom. The van der Waals surface area contributed by atoms with Crippen LogP contribution in [0.25, 0.3) is 10.9 Å². The number of rotatable bonds is 4. The zero-order chi connectivity index (χ0) is 21.1. The smallest absolute Gasteiger partial charge is 0.149 e. The topological polar surface area (TPSA) is 57.5 Å². The van der Waals surface area contributed by atoms with Crippen LogP contribution >= 0.6 is 11.6 Å². The van der Waals surface area contributed by atoms with Crippen molar-refractivity contribution >= 4 is 34.0 Å². The van der Waals surface area contributed by atoms with Gasteiger partial charge in [0.1, 0.15) is 11.7 Å². The van der Waals surface area contributed by atoms with E-state index in [0.717, 1.165) is 42.3 Å². The van der Waals surface area contributed by atoms with Crippen LogP contribution in [-0.4, -0.2) is 16.0 Å². The number of nitrogens with zero attached hydrogens (tertiary/aromatic N) is 2. The van der Waals surface area contributed by atoms with Crippen LogP contribution in [0.1, 0.15) is 44.1 Å². The summed E-state index contributed by atoms with van der Waals surface area (Å²) in [5.41, 5.74) is 2.87. The average molecular weight is 426 g/mol. The second kappa shape index (κ2) is 9.00. The molecule has 1 aromatic heterocycles. The van der Waals surface area contributed by atoms with Crippen LogP contribution in [0.5, 0.6) is 0 Å². The minimum Gasteiger partial charge on any atom is -0.409 e. The van der Waals surface area contributed by atoms with E-state index < -0.39 is 0 Å². The third kappa shape index (κ3) is 4.41. The molecule has 0 bridgehead atoms. The number of hydrogen-bond donors (Lipinski definition) is 2. The molecule has 2 N–H and O–H groups in total. The number of pyridine rings is 1. The van der Waals surface area contributed by atoms with Crippen LogP contribution < -0.4 is 5.32 Å². The van der Waals surface area contributed by atoms with Crippen molar-refractivity contribution in [2.75, 3.05) is 5.32 Å². The summed E-state index contributed by atoms with van der Waals surface area (Å²) in [6.07, 6.45) is 5.89. The van der Waals surface area contributed by atoms with Gasteiger partial charge < -0.3 is 10.5 Å². The number of amidine groups is 1. The van der Waals surface area contributed by atoms with Gasteiger partial charge in [0.2, 0.25) is 0 Å². The van der Waals surface area contributed by atoms with Crippen molar-refractivity contribution in [1.29, 1.82) is 0 Å². The molecule has 3 aromatic rings. The molecule has 4 nitrogen and oxygen atoms in total. The highest BCUT2D eigenvalue weighted by Crippen LogP contribution is 2.41. The fourth-order valence-electron chi connectivity index (χ4n) is 4.56. The second-order valence-electron chi connectivity index (χ2n) is 8.08. The maximum Gasteiger partial charge on any atom is 0.149 e. The standard InChI is InChI=1S/C24H25ClFN3O/c1-15(24(29-30)28-20-9-6-18(25)7-10-20)16-2-4-17(5-3-16)21-12-13-27-23-11-8-19(26)14-22(21)23/h6-17,30H,2-5H2,1H3,(H,28,29)/t15-,16-,17-/m1/s1. The van der Waals surface area contributed by atoms with E-state index >= 15 is 0 Å². The van der Waals surface area contributed by atoms with Crippen LogP contribution in [-0.2, 0) is 0 Å². The summed E-state index contributed by atoms with van der Waals surface area (Å²) >= 11 is 5.94. The summed E-state index contributed by atoms with van der Waals surface area (Å²) in [5.74, 6) is 1.24. The Hall–Kier alpha value is -2.66. The molecule has 1 aliphatic rings. The van der Waals surface area contributed by atoms with E-state index in [2.05, 4.69) is 22.4 Å². The zero-order valence-electron chi connectivity index (χ0n) is 16.9. The Morgan fingerprint density at radius 3 is 2.57 bits per heavy atom. The molecule has 4 rings (SSSR count). The molecule has 6 heteroatoms. The molecule has 0 radical (unpaired) electrons. The molecule has 0 spiro atoms.